The Morgan fingerprint density at radius 2 is 1.80 bits per heavy atom. The van der Waals surface area contributed by atoms with E-state index < -0.39 is 0 Å². The van der Waals surface area contributed by atoms with Gasteiger partial charge in [0.05, 0.1) is 6.61 Å². The fourth-order valence-corrected chi connectivity index (χ4v) is 2.82. The van der Waals surface area contributed by atoms with Crippen LogP contribution in [0.2, 0.25) is 0 Å². The Morgan fingerprint density at radius 1 is 1.05 bits per heavy atom. The maximum atomic E-state index is 6.19. The van der Waals surface area contributed by atoms with E-state index in [4.69, 9.17) is 4.74 Å². The predicted octanol–water partition coefficient (Wildman–Crippen LogP) is 3.63. The quantitative estimate of drug-likeness (QED) is 0.824. The fraction of sp³-hybridized carbons (Fsp3) is 0.333. The third kappa shape index (κ3) is 2.77. The molecule has 1 aliphatic heterocycles. The van der Waals surface area contributed by atoms with Gasteiger partial charge in [-0.25, -0.2) is 0 Å². The van der Waals surface area contributed by atoms with Crippen LogP contribution in [0.5, 0.6) is 0 Å². The van der Waals surface area contributed by atoms with Crippen LogP contribution in [0.25, 0.3) is 0 Å². The van der Waals surface area contributed by atoms with Crippen LogP contribution in [-0.2, 0) is 11.3 Å². The van der Waals surface area contributed by atoms with Crippen molar-refractivity contribution < 1.29 is 4.74 Å². The van der Waals surface area contributed by atoms with Crippen LogP contribution in [0.4, 0.5) is 0 Å². The van der Waals surface area contributed by atoms with E-state index in [2.05, 4.69) is 66.4 Å². The molecule has 2 aromatic rings. The molecule has 0 radical (unpaired) electrons. The van der Waals surface area contributed by atoms with E-state index in [0.717, 1.165) is 26.2 Å². The summed E-state index contributed by atoms with van der Waals surface area (Å²) in [6.07, 6.45) is 0.0615. The third-order valence-electron chi connectivity index (χ3n) is 3.97. The summed E-state index contributed by atoms with van der Waals surface area (Å²) < 4.78 is 6.19. The normalized spacial score (nSPS) is 19.9. The van der Waals surface area contributed by atoms with E-state index in [9.17, 15) is 0 Å². The summed E-state index contributed by atoms with van der Waals surface area (Å²) in [4.78, 5) is 2.43. The monoisotopic (exact) mass is 267 g/mol. The van der Waals surface area contributed by atoms with Crippen molar-refractivity contribution in [1.82, 2.24) is 4.90 Å². The van der Waals surface area contributed by atoms with Crippen LogP contribution in [0.15, 0.2) is 54.6 Å². The molecule has 0 bridgehead atoms. The first-order valence-corrected chi connectivity index (χ1v) is 7.35. The molecular weight excluding hydrogens is 246 g/mol. The van der Waals surface area contributed by atoms with Crippen molar-refractivity contribution in [3.63, 3.8) is 0 Å². The van der Waals surface area contributed by atoms with Crippen LogP contribution in [0.1, 0.15) is 29.7 Å². The molecule has 0 saturated heterocycles. The summed E-state index contributed by atoms with van der Waals surface area (Å²) in [5.74, 6) is 0. The lowest BCUT2D eigenvalue weighted by Crippen LogP contribution is -2.30. The highest BCUT2D eigenvalue weighted by Crippen LogP contribution is 2.30. The van der Waals surface area contributed by atoms with Crippen LogP contribution in [0.3, 0.4) is 0 Å². The second-order valence-corrected chi connectivity index (χ2v) is 5.23. The topological polar surface area (TPSA) is 12.5 Å². The van der Waals surface area contributed by atoms with E-state index in [-0.39, 0.29) is 6.10 Å². The second kappa shape index (κ2) is 6.21. The summed E-state index contributed by atoms with van der Waals surface area (Å²) in [5.41, 5.74) is 3.92. The van der Waals surface area contributed by atoms with Crippen LogP contribution >= 0.6 is 0 Å². The van der Waals surface area contributed by atoms with Gasteiger partial charge in [0.15, 0.2) is 0 Å². The molecule has 0 fully saturated rings. The number of ether oxygens (including phenoxy) is 1. The van der Waals surface area contributed by atoms with Gasteiger partial charge in [-0.2, -0.15) is 0 Å². The number of rotatable bonds is 2. The number of hydrogen-bond acceptors (Lipinski definition) is 2. The SMILES string of the molecule is CCN1CCOC(c2ccccc2)c2ccccc2C1. The Morgan fingerprint density at radius 3 is 2.60 bits per heavy atom. The van der Waals surface area contributed by atoms with E-state index >= 15 is 0 Å². The average molecular weight is 267 g/mol. The molecule has 1 aliphatic rings. The van der Waals surface area contributed by atoms with E-state index in [1.165, 1.54) is 16.7 Å². The van der Waals surface area contributed by atoms with Crippen molar-refractivity contribution in [3.8, 4) is 0 Å². The van der Waals surface area contributed by atoms with Crippen LogP contribution < -0.4 is 0 Å². The maximum Gasteiger partial charge on any atom is 0.108 e. The van der Waals surface area contributed by atoms with Gasteiger partial charge in [0.2, 0.25) is 0 Å². The predicted molar refractivity (Wildman–Crippen MR) is 81.6 cm³/mol. The number of fused-ring (bicyclic) bond motifs is 1. The van der Waals surface area contributed by atoms with Gasteiger partial charge in [0, 0.05) is 13.1 Å². The molecule has 1 unspecified atom stereocenters. The molecule has 0 aromatic heterocycles. The number of nitrogens with zero attached hydrogens (tertiary/aromatic N) is 1. The van der Waals surface area contributed by atoms with Crippen molar-refractivity contribution >= 4 is 0 Å². The van der Waals surface area contributed by atoms with Gasteiger partial charge in [0.25, 0.3) is 0 Å². The molecule has 0 spiro atoms. The molecule has 104 valence electrons. The highest BCUT2D eigenvalue weighted by molar-refractivity contribution is 5.36. The van der Waals surface area contributed by atoms with E-state index in [1.807, 2.05) is 0 Å². The molecule has 2 aromatic carbocycles. The zero-order valence-corrected chi connectivity index (χ0v) is 12.0. The molecule has 0 amide bonds. The molecule has 0 saturated carbocycles. The van der Waals surface area contributed by atoms with Crippen LogP contribution in [-0.4, -0.2) is 24.6 Å². The Bertz CT molecular complexity index is 552. The zero-order valence-electron chi connectivity index (χ0n) is 12.0. The van der Waals surface area contributed by atoms with Crippen molar-refractivity contribution in [2.45, 2.75) is 19.6 Å². The minimum atomic E-state index is 0.0615. The molecule has 1 heterocycles. The minimum Gasteiger partial charge on any atom is -0.367 e. The first kappa shape index (κ1) is 13.3. The molecule has 3 rings (SSSR count). The van der Waals surface area contributed by atoms with Crippen molar-refractivity contribution in [2.75, 3.05) is 19.7 Å². The smallest absolute Gasteiger partial charge is 0.108 e. The second-order valence-electron chi connectivity index (χ2n) is 5.23. The third-order valence-corrected chi connectivity index (χ3v) is 3.97. The lowest BCUT2D eigenvalue weighted by atomic mass is 9.95. The average Bonchev–Trinajstić information content (AvgIpc) is 2.49. The maximum absolute atomic E-state index is 6.19. The van der Waals surface area contributed by atoms with Gasteiger partial charge in [-0.05, 0) is 23.2 Å². The van der Waals surface area contributed by atoms with E-state index in [0.29, 0.717) is 0 Å². The van der Waals surface area contributed by atoms with Gasteiger partial charge in [0.1, 0.15) is 6.10 Å². The van der Waals surface area contributed by atoms with Crippen molar-refractivity contribution in [3.05, 3.63) is 71.3 Å². The lowest BCUT2D eigenvalue weighted by Gasteiger charge is -2.29. The first-order valence-electron chi connectivity index (χ1n) is 7.35. The van der Waals surface area contributed by atoms with Gasteiger partial charge < -0.3 is 4.74 Å². The standard InChI is InChI=1S/C18H21NO/c1-2-19-12-13-20-18(15-8-4-3-5-9-15)17-11-7-6-10-16(17)14-19/h3-11,18H,2,12-14H2,1H3. The van der Waals surface area contributed by atoms with Gasteiger partial charge >= 0.3 is 0 Å². The zero-order chi connectivity index (χ0) is 13.8. The molecule has 2 heteroatoms. The fourth-order valence-electron chi connectivity index (χ4n) is 2.82. The molecule has 0 N–H and O–H groups in total. The largest absolute Gasteiger partial charge is 0.367 e. The highest BCUT2D eigenvalue weighted by Gasteiger charge is 2.21. The Kier molecular flexibility index (Phi) is 4.14. The molecule has 0 aliphatic carbocycles. The summed E-state index contributed by atoms with van der Waals surface area (Å²) >= 11 is 0. The molecule has 20 heavy (non-hydrogen) atoms. The van der Waals surface area contributed by atoms with Gasteiger partial charge in [-0.1, -0.05) is 61.5 Å². The summed E-state index contributed by atoms with van der Waals surface area (Å²) in [7, 11) is 0. The van der Waals surface area contributed by atoms with Gasteiger partial charge in [-0.15, -0.1) is 0 Å². The van der Waals surface area contributed by atoms with E-state index in [1.54, 1.807) is 0 Å². The van der Waals surface area contributed by atoms with Crippen LogP contribution in [0, 0.1) is 0 Å². The Labute approximate surface area is 121 Å². The minimum absolute atomic E-state index is 0.0615. The number of likely N-dealkylation sites (N-methyl/N-ethyl adjacent to an activating group) is 1. The van der Waals surface area contributed by atoms with Gasteiger partial charge in [-0.3, -0.25) is 4.90 Å². The summed E-state index contributed by atoms with van der Waals surface area (Å²) in [6.45, 7) is 6.06. The van der Waals surface area contributed by atoms with Crippen molar-refractivity contribution in [2.24, 2.45) is 0 Å². The first-order chi connectivity index (χ1) is 9.88. The summed E-state index contributed by atoms with van der Waals surface area (Å²) in [5, 5.41) is 0. The summed E-state index contributed by atoms with van der Waals surface area (Å²) in [6, 6.07) is 19.2. The lowest BCUT2D eigenvalue weighted by molar-refractivity contribution is 0.0506. The number of benzene rings is 2. The van der Waals surface area contributed by atoms with Crippen molar-refractivity contribution in [1.29, 1.82) is 0 Å². The Balaban J connectivity index is 2.00. The molecule has 1 atom stereocenters. The highest BCUT2D eigenvalue weighted by atomic mass is 16.5. The number of hydrogen-bond donors (Lipinski definition) is 0. The molecule has 2 nitrogen and oxygen atoms in total. The Hall–Kier alpha value is -1.64. The molecular formula is C18H21NO.